The zero-order chi connectivity index (χ0) is 6.85. The van der Waals surface area contributed by atoms with Crippen molar-refractivity contribution in [1.29, 1.82) is 0 Å². The highest BCUT2D eigenvalue weighted by molar-refractivity contribution is 7.72. The van der Waals surface area contributed by atoms with Gasteiger partial charge in [-0.3, -0.25) is 4.68 Å². The average molecular weight is 146 g/mol. The topological polar surface area (TPSA) is 52.0 Å². The van der Waals surface area contributed by atoms with Gasteiger partial charge in [0, 0.05) is 7.05 Å². The van der Waals surface area contributed by atoms with E-state index in [-0.39, 0.29) is 5.03 Å². The van der Waals surface area contributed by atoms with E-state index < -0.39 is 10.7 Å². The highest BCUT2D eigenvalue weighted by Gasteiger charge is 1.96. The average Bonchev–Trinajstić information content (AvgIpc) is 2.13. The molecule has 1 aromatic rings. The molecule has 0 aliphatic heterocycles. The van der Waals surface area contributed by atoms with Crippen LogP contribution in [0.4, 0.5) is 0 Å². The normalized spacial score (nSPS) is 10.4. The zero-order valence-electron chi connectivity index (χ0n) is 4.81. The molecule has 0 spiro atoms. The van der Waals surface area contributed by atoms with Gasteiger partial charge in [-0.05, 0) is 6.07 Å². The van der Waals surface area contributed by atoms with Crippen molar-refractivity contribution < 1.29 is 8.42 Å². The first-order chi connectivity index (χ1) is 4.22. The van der Waals surface area contributed by atoms with Gasteiger partial charge in [0.05, 0.1) is 6.20 Å². The van der Waals surface area contributed by atoms with Crippen LogP contribution in [0.25, 0.3) is 0 Å². The fourth-order valence-electron chi connectivity index (χ4n) is 0.546. The van der Waals surface area contributed by atoms with Crippen LogP contribution < -0.4 is 0 Å². The van der Waals surface area contributed by atoms with Gasteiger partial charge < -0.3 is 0 Å². The van der Waals surface area contributed by atoms with Crippen LogP contribution in [0.5, 0.6) is 0 Å². The van der Waals surface area contributed by atoms with Crippen molar-refractivity contribution in [3.8, 4) is 0 Å². The van der Waals surface area contributed by atoms with Crippen LogP contribution in [0, 0.1) is 0 Å². The molecule has 0 saturated carbocycles. The Hall–Kier alpha value is -0.840. The van der Waals surface area contributed by atoms with E-state index in [0.717, 1.165) is 0 Å². The molecule has 0 radical (unpaired) electrons. The molecule has 0 unspecified atom stereocenters. The number of rotatable bonds is 1. The van der Waals surface area contributed by atoms with E-state index >= 15 is 0 Å². The molecular weight excluding hydrogens is 140 g/mol. The predicted molar refractivity (Wildman–Crippen MR) is 31.8 cm³/mol. The molecule has 0 aromatic carbocycles. The lowest BCUT2D eigenvalue weighted by Gasteiger charge is -1.87. The highest BCUT2D eigenvalue weighted by Crippen LogP contribution is 1.95. The quantitative estimate of drug-likeness (QED) is 0.538. The third-order valence-electron chi connectivity index (χ3n) is 0.982. The number of hydrogen-bond donors (Lipinski definition) is 1. The first-order valence-corrected chi connectivity index (χ1v) is 3.52. The number of aryl methyl sites for hydroxylation is 1. The summed E-state index contributed by atoms with van der Waals surface area (Å²) in [6.45, 7) is 0. The molecule has 1 aromatic heterocycles. The third kappa shape index (κ3) is 1.10. The molecule has 0 aliphatic rings. The van der Waals surface area contributed by atoms with Crippen molar-refractivity contribution >= 4 is 10.7 Å². The summed E-state index contributed by atoms with van der Waals surface area (Å²) in [7, 11) is -0.895. The fraction of sp³-hybridized carbons (Fsp3) is 0.250. The van der Waals surface area contributed by atoms with Crippen molar-refractivity contribution in [1.82, 2.24) is 9.78 Å². The maximum atomic E-state index is 10.3. The summed E-state index contributed by atoms with van der Waals surface area (Å²) in [6, 6.07) is 1.45. The minimum Gasteiger partial charge on any atom is -0.257 e. The van der Waals surface area contributed by atoms with Gasteiger partial charge >= 0.3 is 0 Å². The number of hydrogen-bond acceptors (Lipinski definition) is 3. The molecule has 5 heteroatoms. The third-order valence-corrected chi connectivity index (χ3v) is 1.79. The zero-order valence-corrected chi connectivity index (χ0v) is 5.71. The molecule has 0 atom stereocenters. The first-order valence-electron chi connectivity index (χ1n) is 2.34. The standard InChI is InChI=1S/C4H6N2O2S/c1-6-4(9(7)8)2-3-5-6/h2-3,9H,1H3. The SMILES string of the molecule is Cn1nccc1[SH](=O)=O. The minimum atomic E-state index is -2.48. The van der Waals surface area contributed by atoms with Crippen LogP contribution in [0.2, 0.25) is 0 Å². The van der Waals surface area contributed by atoms with Crippen LogP contribution in [0.15, 0.2) is 17.3 Å². The molecule has 4 nitrogen and oxygen atoms in total. The van der Waals surface area contributed by atoms with Crippen molar-refractivity contribution in [2.45, 2.75) is 5.03 Å². The van der Waals surface area contributed by atoms with Crippen LogP contribution in [-0.4, -0.2) is 18.2 Å². The smallest absolute Gasteiger partial charge is 0.185 e. The minimum absolute atomic E-state index is 0.241. The summed E-state index contributed by atoms with van der Waals surface area (Å²) in [6.07, 6.45) is 1.44. The van der Waals surface area contributed by atoms with Crippen molar-refractivity contribution in [3.63, 3.8) is 0 Å². The van der Waals surface area contributed by atoms with Gasteiger partial charge in [0.15, 0.2) is 10.7 Å². The molecule has 0 saturated heterocycles. The van der Waals surface area contributed by atoms with E-state index in [1.54, 1.807) is 7.05 Å². The number of nitrogens with zero attached hydrogens (tertiary/aromatic N) is 2. The Balaban J connectivity index is 3.23. The molecule has 0 fully saturated rings. The maximum Gasteiger partial charge on any atom is 0.185 e. The number of aromatic nitrogens is 2. The van der Waals surface area contributed by atoms with Crippen LogP contribution in [0.3, 0.4) is 0 Å². The van der Waals surface area contributed by atoms with E-state index in [4.69, 9.17) is 0 Å². The van der Waals surface area contributed by atoms with Crippen molar-refractivity contribution in [2.24, 2.45) is 7.05 Å². The summed E-state index contributed by atoms with van der Waals surface area (Å²) >= 11 is 0. The largest absolute Gasteiger partial charge is 0.257 e. The van der Waals surface area contributed by atoms with E-state index in [2.05, 4.69) is 5.10 Å². The lowest BCUT2D eigenvalue weighted by Crippen LogP contribution is -1.94. The van der Waals surface area contributed by atoms with Crippen LogP contribution in [-0.2, 0) is 17.8 Å². The van der Waals surface area contributed by atoms with E-state index in [0.29, 0.717) is 0 Å². The molecule has 1 heterocycles. The highest BCUT2D eigenvalue weighted by atomic mass is 32.2. The summed E-state index contributed by atoms with van der Waals surface area (Å²) < 4.78 is 21.8. The van der Waals surface area contributed by atoms with E-state index in [9.17, 15) is 8.42 Å². The van der Waals surface area contributed by atoms with Gasteiger partial charge in [-0.2, -0.15) is 5.10 Å². The van der Waals surface area contributed by atoms with Crippen LogP contribution in [0.1, 0.15) is 0 Å². The summed E-state index contributed by atoms with van der Waals surface area (Å²) in [5.41, 5.74) is 0. The lowest BCUT2D eigenvalue weighted by molar-refractivity contribution is 0.595. The van der Waals surface area contributed by atoms with Gasteiger partial charge in [0.1, 0.15) is 5.03 Å². The summed E-state index contributed by atoms with van der Waals surface area (Å²) in [5.74, 6) is 0. The Labute approximate surface area is 54.1 Å². The molecule has 1 rings (SSSR count). The molecule has 50 valence electrons. The second-order valence-corrected chi connectivity index (χ2v) is 2.54. The van der Waals surface area contributed by atoms with Crippen molar-refractivity contribution in [3.05, 3.63) is 12.3 Å². The Kier molecular flexibility index (Phi) is 1.52. The summed E-state index contributed by atoms with van der Waals surface area (Å²) in [5, 5.41) is 3.91. The first kappa shape index (κ1) is 6.28. The molecular formula is C4H6N2O2S. The molecule has 9 heavy (non-hydrogen) atoms. The molecule has 0 amide bonds. The van der Waals surface area contributed by atoms with E-state index in [1.807, 2.05) is 0 Å². The summed E-state index contributed by atoms with van der Waals surface area (Å²) in [4.78, 5) is 0. The van der Waals surface area contributed by atoms with Crippen molar-refractivity contribution in [2.75, 3.05) is 0 Å². The van der Waals surface area contributed by atoms with Gasteiger partial charge in [0.25, 0.3) is 0 Å². The lowest BCUT2D eigenvalue weighted by atomic mass is 10.7. The Bertz CT molecular complexity index is 268. The van der Waals surface area contributed by atoms with Gasteiger partial charge in [-0.25, -0.2) is 8.42 Å². The predicted octanol–water partition coefficient (Wildman–Crippen LogP) is -0.610. The second-order valence-electron chi connectivity index (χ2n) is 1.57. The van der Waals surface area contributed by atoms with E-state index in [1.165, 1.54) is 16.9 Å². The Morgan fingerprint density at radius 2 is 2.33 bits per heavy atom. The number of thiol groups is 1. The molecule has 0 N–H and O–H groups in total. The second kappa shape index (κ2) is 2.18. The van der Waals surface area contributed by atoms with Crippen LogP contribution >= 0.6 is 0 Å². The molecule has 0 bridgehead atoms. The monoisotopic (exact) mass is 146 g/mol. The Morgan fingerprint density at radius 3 is 2.56 bits per heavy atom. The van der Waals surface area contributed by atoms with Gasteiger partial charge in [-0.15, -0.1) is 0 Å². The van der Waals surface area contributed by atoms with Gasteiger partial charge in [0.2, 0.25) is 0 Å². The maximum absolute atomic E-state index is 10.3. The fourth-order valence-corrected chi connectivity index (χ4v) is 1.02. The molecule has 0 aliphatic carbocycles. The Morgan fingerprint density at radius 1 is 1.67 bits per heavy atom. The van der Waals surface area contributed by atoms with Gasteiger partial charge in [-0.1, -0.05) is 0 Å².